The largest absolute Gasteiger partial charge is 0.361 e. The van der Waals surface area contributed by atoms with Crippen molar-refractivity contribution in [2.75, 3.05) is 20.6 Å². The number of hydrogen-bond acceptors (Lipinski definition) is 1. The van der Waals surface area contributed by atoms with Crippen molar-refractivity contribution in [3.05, 3.63) is 58.8 Å². The Labute approximate surface area is 180 Å². The first-order valence-corrected chi connectivity index (χ1v) is 8.83. The molecule has 2 aromatic heterocycles. The number of fused-ring (bicyclic) bond motifs is 1. The highest BCUT2D eigenvalue weighted by Crippen LogP contribution is 2.19. The summed E-state index contributed by atoms with van der Waals surface area (Å²) in [5, 5.41) is 5.01. The zero-order valence-corrected chi connectivity index (χ0v) is 18.7. The number of nitrogens with zero attached hydrogens (tertiary/aromatic N) is 3. The van der Waals surface area contributed by atoms with Gasteiger partial charge in [0.25, 0.3) is 0 Å². The number of hydrogen-bond donors (Lipinski definition) is 2. The van der Waals surface area contributed by atoms with Crippen molar-refractivity contribution in [2.24, 2.45) is 12.0 Å². The topological polar surface area (TPSA) is 48.4 Å². The minimum absolute atomic E-state index is 0. The van der Waals surface area contributed by atoms with Gasteiger partial charge in [-0.25, -0.2) is 4.39 Å². The Kier molecular flexibility index (Phi) is 7.55. The van der Waals surface area contributed by atoms with Gasteiger partial charge in [0, 0.05) is 56.7 Å². The Balaban J connectivity index is 0.00000261. The number of nitrogens with one attached hydrogen (secondary N) is 2. The number of benzene rings is 1. The summed E-state index contributed by atoms with van der Waals surface area (Å²) in [4.78, 5) is 9.56. The first-order chi connectivity index (χ1) is 12.5. The van der Waals surface area contributed by atoms with Crippen molar-refractivity contribution >= 4 is 52.4 Å². The molecule has 0 radical (unpaired) electrons. The van der Waals surface area contributed by atoms with Crippen LogP contribution < -0.4 is 5.32 Å². The number of H-pyrrole nitrogens is 1. The lowest BCUT2D eigenvalue weighted by Crippen LogP contribution is -2.39. The van der Waals surface area contributed by atoms with Crippen LogP contribution in [0.25, 0.3) is 10.9 Å². The van der Waals surface area contributed by atoms with Crippen molar-refractivity contribution in [1.29, 1.82) is 0 Å². The van der Waals surface area contributed by atoms with Gasteiger partial charge in [0.2, 0.25) is 0 Å². The second-order valence-corrected chi connectivity index (χ2v) is 6.78. The predicted molar refractivity (Wildman–Crippen MR) is 121 cm³/mol. The highest BCUT2D eigenvalue weighted by atomic mass is 127. The average molecular weight is 504 g/mol. The monoisotopic (exact) mass is 503 g/mol. The molecule has 27 heavy (non-hydrogen) atoms. The summed E-state index contributed by atoms with van der Waals surface area (Å²) in [6.07, 6.45) is 4.59. The molecule has 3 aromatic rings. The fourth-order valence-corrected chi connectivity index (χ4v) is 3.36. The van der Waals surface area contributed by atoms with E-state index >= 15 is 0 Å². The predicted octanol–water partition coefficient (Wildman–Crippen LogP) is 4.17. The van der Waals surface area contributed by atoms with E-state index in [0.717, 1.165) is 39.6 Å². The van der Waals surface area contributed by atoms with E-state index in [1.165, 1.54) is 6.07 Å². The number of rotatable bonds is 5. The van der Waals surface area contributed by atoms with Gasteiger partial charge in [-0.3, -0.25) is 4.99 Å². The summed E-state index contributed by atoms with van der Waals surface area (Å²) in [5.74, 6) is 0.580. The Morgan fingerprint density at radius 1 is 1.37 bits per heavy atom. The average Bonchev–Trinajstić information content (AvgIpc) is 3.14. The fraction of sp³-hybridized carbons (Fsp3) is 0.316. The zero-order valence-electron chi connectivity index (χ0n) is 15.6. The molecule has 5 nitrogen and oxygen atoms in total. The quantitative estimate of drug-likeness (QED) is 0.312. The van der Waals surface area contributed by atoms with Gasteiger partial charge in [-0.1, -0.05) is 11.6 Å². The highest BCUT2D eigenvalue weighted by molar-refractivity contribution is 14.0. The molecule has 0 aliphatic heterocycles. The van der Waals surface area contributed by atoms with E-state index in [1.54, 1.807) is 19.2 Å². The van der Waals surface area contributed by atoms with Crippen LogP contribution in [0, 0.1) is 5.82 Å². The van der Waals surface area contributed by atoms with Crippen molar-refractivity contribution in [3.8, 4) is 0 Å². The van der Waals surface area contributed by atoms with E-state index in [-0.39, 0.29) is 29.8 Å². The van der Waals surface area contributed by atoms with Gasteiger partial charge in [-0.2, -0.15) is 0 Å². The van der Waals surface area contributed by atoms with Crippen LogP contribution in [-0.2, 0) is 20.0 Å². The molecule has 2 N–H and O–H groups in total. The SMILES string of the molecule is CN=C(NCCc1c[nH]c2ccc(F)cc12)N(C)Cc1cc(Cl)cn1C.I. The third kappa shape index (κ3) is 5.16. The zero-order chi connectivity index (χ0) is 18.7. The second kappa shape index (κ2) is 9.45. The van der Waals surface area contributed by atoms with E-state index < -0.39 is 0 Å². The van der Waals surface area contributed by atoms with E-state index in [0.29, 0.717) is 13.1 Å². The van der Waals surface area contributed by atoms with Crippen molar-refractivity contribution in [1.82, 2.24) is 19.8 Å². The van der Waals surface area contributed by atoms with Crippen LogP contribution >= 0.6 is 35.6 Å². The standard InChI is InChI=1S/C19H23ClFN5.HI/c1-22-19(26(3)12-16-8-14(20)11-25(16)2)23-7-6-13-10-24-18-5-4-15(21)9-17(13)18;/h4-5,8-11,24H,6-7,12H2,1-3H3,(H,22,23);1H. The summed E-state index contributed by atoms with van der Waals surface area (Å²) < 4.78 is 15.5. The molecule has 0 saturated carbocycles. The summed E-state index contributed by atoms with van der Waals surface area (Å²) in [6, 6.07) is 6.75. The molecular weight excluding hydrogens is 480 g/mol. The lowest BCUT2D eigenvalue weighted by atomic mass is 10.1. The Morgan fingerprint density at radius 2 is 2.15 bits per heavy atom. The molecule has 0 aliphatic rings. The number of aromatic nitrogens is 2. The third-order valence-electron chi connectivity index (χ3n) is 4.45. The molecule has 8 heteroatoms. The second-order valence-electron chi connectivity index (χ2n) is 6.34. The highest BCUT2D eigenvalue weighted by Gasteiger charge is 2.10. The molecule has 0 bridgehead atoms. The molecule has 0 unspecified atom stereocenters. The van der Waals surface area contributed by atoms with Gasteiger partial charge in [0.1, 0.15) is 5.82 Å². The number of guanidine groups is 1. The van der Waals surface area contributed by atoms with Crippen molar-refractivity contribution in [2.45, 2.75) is 13.0 Å². The van der Waals surface area contributed by atoms with E-state index in [9.17, 15) is 4.39 Å². The van der Waals surface area contributed by atoms with Crippen molar-refractivity contribution < 1.29 is 4.39 Å². The van der Waals surface area contributed by atoms with Crippen LogP contribution in [0.15, 0.2) is 41.7 Å². The van der Waals surface area contributed by atoms with E-state index in [4.69, 9.17) is 11.6 Å². The third-order valence-corrected chi connectivity index (χ3v) is 4.66. The smallest absolute Gasteiger partial charge is 0.193 e. The first-order valence-electron chi connectivity index (χ1n) is 8.46. The molecule has 1 aromatic carbocycles. The normalized spacial score (nSPS) is 11.5. The minimum atomic E-state index is -0.219. The maximum atomic E-state index is 13.5. The molecule has 0 aliphatic carbocycles. The molecule has 146 valence electrons. The van der Waals surface area contributed by atoms with Crippen LogP contribution in [-0.4, -0.2) is 41.1 Å². The summed E-state index contributed by atoms with van der Waals surface area (Å²) in [7, 11) is 5.72. The number of aryl methyl sites for hydroxylation is 1. The summed E-state index contributed by atoms with van der Waals surface area (Å²) in [5.41, 5.74) is 3.13. The number of halogens is 3. The molecule has 0 saturated heterocycles. The Morgan fingerprint density at radius 3 is 2.81 bits per heavy atom. The van der Waals surface area contributed by atoms with E-state index in [1.807, 2.05) is 42.0 Å². The maximum absolute atomic E-state index is 13.5. The summed E-state index contributed by atoms with van der Waals surface area (Å²) >= 11 is 6.05. The molecule has 2 heterocycles. The van der Waals surface area contributed by atoms with Crippen molar-refractivity contribution in [3.63, 3.8) is 0 Å². The molecule has 0 atom stereocenters. The van der Waals surface area contributed by atoms with Gasteiger partial charge >= 0.3 is 0 Å². The maximum Gasteiger partial charge on any atom is 0.193 e. The first kappa shape index (κ1) is 21.6. The minimum Gasteiger partial charge on any atom is -0.361 e. The van der Waals surface area contributed by atoms with Gasteiger partial charge in [0.15, 0.2) is 5.96 Å². The van der Waals surface area contributed by atoms with Crippen LogP contribution in [0.5, 0.6) is 0 Å². The Hall–Kier alpha value is -1.74. The molecule has 0 amide bonds. The van der Waals surface area contributed by atoms with Gasteiger partial charge in [-0.05, 0) is 36.2 Å². The molecular formula is C19H24ClFIN5. The van der Waals surface area contributed by atoms with Gasteiger partial charge in [-0.15, -0.1) is 24.0 Å². The fourth-order valence-electron chi connectivity index (χ4n) is 3.09. The van der Waals surface area contributed by atoms with Crippen LogP contribution in [0.4, 0.5) is 4.39 Å². The lowest BCUT2D eigenvalue weighted by Gasteiger charge is -2.22. The van der Waals surface area contributed by atoms with E-state index in [2.05, 4.69) is 15.3 Å². The lowest BCUT2D eigenvalue weighted by molar-refractivity contribution is 0.462. The molecule has 0 spiro atoms. The van der Waals surface area contributed by atoms with Crippen LogP contribution in [0.1, 0.15) is 11.3 Å². The molecule has 3 rings (SSSR count). The van der Waals surface area contributed by atoms with Gasteiger partial charge in [0.05, 0.1) is 11.6 Å². The van der Waals surface area contributed by atoms with Crippen LogP contribution in [0.2, 0.25) is 5.02 Å². The Bertz CT molecular complexity index is 933. The summed E-state index contributed by atoms with van der Waals surface area (Å²) in [6.45, 7) is 1.40. The van der Waals surface area contributed by atoms with Gasteiger partial charge < -0.3 is 19.8 Å². The number of aromatic amines is 1. The van der Waals surface area contributed by atoms with Crippen LogP contribution in [0.3, 0.4) is 0 Å². The molecule has 0 fully saturated rings. The number of aliphatic imine (C=N–C) groups is 1.